The Labute approximate surface area is 491 Å². The molecular weight excluding hydrogens is 986 g/mol. The largest absolute Gasteiger partial charge is 1.00 e. The third-order valence-corrected chi connectivity index (χ3v) is 14.9. The fourth-order valence-electron chi connectivity index (χ4n) is 9.50. The summed E-state index contributed by atoms with van der Waals surface area (Å²) in [4.78, 5) is 39.1. The van der Waals surface area contributed by atoms with Crippen molar-refractivity contribution in [2.24, 2.45) is 0 Å². The van der Waals surface area contributed by atoms with Crippen LogP contribution in [0.25, 0.3) is 0 Å². The monoisotopic (exact) mass is 1040 g/mol. The maximum atomic E-state index is 12.7. The Morgan fingerprint density at radius 3 is 2.03 bits per heavy atom. The predicted octanol–water partition coefficient (Wildman–Crippen LogP) is -1.23. The molecule has 3 aliphatic heterocycles. The van der Waals surface area contributed by atoms with Gasteiger partial charge in [-0.25, -0.2) is 16.8 Å². The van der Waals surface area contributed by atoms with Crippen LogP contribution in [0, 0.1) is 13.8 Å². The van der Waals surface area contributed by atoms with E-state index in [2.05, 4.69) is 52.9 Å². The van der Waals surface area contributed by atoms with Gasteiger partial charge in [0.15, 0.2) is 5.71 Å². The Morgan fingerprint density at radius 1 is 0.778 bits per heavy atom. The number of ether oxygens (including phenoxy) is 1. The predicted molar refractivity (Wildman–Crippen MR) is 262 cm³/mol. The van der Waals surface area contributed by atoms with Crippen molar-refractivity contribution in [1.82, 2.24) is 10.2 Å². The minimum atomic E-state index is -4.69. The van der Waals surface area contributed by atoms with Crippen molar-refractivity contribution in [3.63, 3.8) is 0 Å². The molecule has 19 heteroatoms. The normalized spacial score (nSPS) is 18.1. The number of amides is 3. The number of nitrogens with zero attached hydrogens (tertiary/aromatic N) is 3. The molecule has 0 saturated heterocycles. The average Bonchev–Trinajstić information content (AvgIpc) is 3.82. The van der Waals surface area contributed by atoms with Gasteiger partial charge in [0.2, 0.25) is 11.6 Å². The van der Waals surface area contributed by atoms with Crippen LogP contribution in [0.1, 0.15) is 95.8 Å². The molecule has 3 aromatic carbocycles. The summed E-state index contributed by atoms with van der Waals surface area (Å²) in [5.41, 5.74) is 6.38. The summed E-state index contributed by atoms with van der Waals surface area (Å²) >= 11 is 0. The molecule has 366 valence electrons. The Morgan fingerprint density at radius 2 is 1.40 bits per heavy atom. The fourth-order valence-corrected chi connectivity index (χ4v) is 10.5. The number of carbonyl (C=O) groups is 3. The zero-order chi connectivity index (χ0) is 49.9. The topological polar surface area (TPSA) is 196 Å². The van der Waals surface area contributed by atoms with E-state index in [1.54, 1.807) is 12.1 Å². The van der Waals surface area contributed by atoms with E-state index in [4.69, 9.17) is 4.74 Å². The van der Waals surface area contributed by atoms with Gasteiger partial charge in [-0.15, -0.1) is 0 Å². The van der Waals surface area contributed by atoms with E-state index in [1.165, 1.54) is 36.4 Å². The van der Waals surface area contributed by atoms with E-state index in [9.17, 15) is 40.3 Å². The van der Waals surface area contributed by atoms with Gasteiger partial charge in [0.1, 0.15) is 38.3 Å². The van der Waals surface area contributed by atoms with Crippen LogP contribution < -0.4 is 104 Å². The second-order valence-corrected chi connectivity index (χ2v) is 21.4. The smallest absolute Gasteiger partial charge is 0.744 e. The van der Waals surface area contributed by atoms with Crippen LogP contribution >= 0.6 is 0 Å². The van der Waals surface area contributed by atoms with Crippen LogP contribution in [0.2, 0.25) is 0 Å². The van der Waals surface area contributed by atoms with E-state index in [-0.39, 0.29) is 124 Å². The Hall–Kier alpha value is -2.94. The first-order valence-corrected chi connectivity index (χ1v) is 26.1. The number of fused-ring (bicyclic) bond motifs is 2. The summed E-state index contributed by atoms with van der Waals surface area (Å²) < 4.78 is 81.8. The fraction of sp³-hybridized carbons (Fsp3) is 0.358. The van der Waals surface area contributed by atoms with Crippen LogP contribution in [-0.2, 0) is 51.9 Å². The van der Waals surface area contributed by atoms with Crippen molar-refractivity contribution in [2.45, 2.75) is 106 Å². The van der Waals surface area contributed by atoms with Crippen LogP contribution in [0.5, 0.6) is 5.75 Å². The number of carbonyl (C=O) groups excluding carboxylic acids is 3. The van der Waals surface area contributed by atoms with Gasteiger partial charge < -0.3 is 37.9 Å². The summed E-state index contributed by atoms with van der Waals surface area (Å²) in [6.45, 7) is 17.6. The molecule has 0 bridgehead atoms. The molecule has 14 nitrogen and oxygen atoms in total. The molecule has 0 radical (unpaired) electrons. The van der Waals surface area contributed by atoms with Crippen LogP contribution in [0.15, 0.2) is 130 Å². The van der Waals surface area contributed by atoms with E-state index in [0.717, 1.165) is 74.8 Å². The molecule has 72 heavy (non-hydrogen) atoms. The Bertz CT molecular complexity index is 2960. The summed E-state index contributed by atoms with van der Waals surface area (Å²) in [6, 6.07) is 16.6. The minimum absolute atomic E-state index is 0. The zero-order valence-corrected chi connectivity index (χ0v) is 50.2. The van der Waals surface area contributed by atoms with Crippen molar-refractivity contribution in [2.75, 3.05) is 31.1 Å². The Kier molecular flexibility index (Phi) is 22.0. The van der Waals surface area contributed by atoms with Gasteiger partial charge in [-0.3, -0.25) is 19.3 Å². The number of aryl methyl sites for hydroxylation is 1. The molecule has 1 N–H and O–H groups in total. The SMILES string of the molecule is [CH2-]CCCN1/C(=C/C=C2\CCCC(/C=C/C3=[N+](CCC[CH2-])c4ccc(S(=O)(=O)[O-])cc4C3(C)C)=C2Oc2ccc(CCC(=O)NCCN3C(=O)C=CC3=O)cc2)C(C)(C)c2cc(S(=O)(=O)[O-])ccc21.[Na+].[Na+].[Na+]. The number of nitrogens with one attached hydrogen (secondary N) is 1. The summed E-state index contributed by atoms with van der Waals surface area (Å²) in [7, 11) is -9.38. The number of allylic oxidation sites excluding steroid dienone is 7. The van der Waals surface area contributed by atoms with Gasteiger partial charge in [0.05, 0.1) is 15.2 Å². The molecule has 3 aromatic rings. The van der Waals surface area contributed by atoms with Crippen molar-refractivity contribution < 1.29 is 138 Å². The molecule has 3 heterocycles. The summed E-state index contributed by atoms with van der Waals surface area (Å²) in [6.07, 6.45) is 16.4. The average molecular weight is 1050 g/mol. The molecule has 1 aliphatic carbocycles. The molecular formula is C53H59N4Na3O10S2. The summed E-state index contributed by atoms with van der Waals surface area (Å²) in [5.74, 6) is 0.213. The maximum absolute atomic E-state index is 12.7. The van der Waals surface area contributed by atoms with Gasteiger partial charge >= 0.3 is 88.7 Å². The standard InChI is InChI=1S/C53H61N4O10S2.3Na/c1-7-9-31-55-44-23-21-40(68(61,62)63)34-42(44)52(3,4)46(55)25-17-37-12-11-13-38(18-26-47-53(5,6)43-35-41(69(64,65)66)22-24-45(43)56(47)32-10-8-2)51(37)67-39-19-14-36(15-20-39)16-27-48(58)54-30-33-57-49(59)28-29-50(57)60;;;/h14-15,17-26,28-29,34-35H,1-2,7-13,16,27,30-33H2,3-6H3,(H,54,58)(H,61,62,63)(H,64,65,66);;;/q-1;3*+1/p-2. The van der Waals surface area contributed by atoms with E-state index in [1.807, 2.05) is 52.0 Å². The number of benzene rings is 3. The molecule has 0 unspecified atom stereocenters. The molecule has 7 rings (SSSR count). The third-order valence-electron chi connectivity index (χ3n) is 13.3. The molecule has 0 saturated carbocycles. The van der Waals surface area contributed by atoms with Gasteiger partial charge in [-0.2, -0.15) is 17.4 Å². The van der Waals surface area contributed by atoms with Gasteiger partial charge in [-0.1, -0.05) is 38.5 Å². The molecule has 4 aliphatic rings. The first-order valence-electron chi connectivity index (χ1n) is 23.3. The maximum Gasteiger partial charge on any atom is 1.00 e. The second kappa shape index (κ2) is 25.7. The quantitative estimate of drug-likeness (QED) is 0.0497. The van der Waals surface area contributed by atoms with Crippen LogP contribution in [-0.4, -0.2) is 85.0 Å². The molecule has 0 spiro atoms. The first-order chi connectivity index (χ1) is 32.6. The van der Waals surface area contributed by atoms with E-state index < -0.39 is 42.9 Å². The zero-order valence-electron chi connectivity index (χ0n) is 42.6. The van der Waals surface area contributed by atoms with Crippen LogP contribution in [0.3, 0.4) is 0 Å². The van der Waals surface area contributed by atoms with Crippen molar-refractivity contribution >= 4 is 55.0 Å². The summed E-state index contributed by atoms with van der Waals surface area (Å²) in [5, 5.41) is 2.78. The number of anilines is 1. The number of imide groups is 1. The number of hydrogen-bond acceptors (Lipinski definition) is 11. The Balaban J connectivity index is 0.00000375. The van der Waals surface area contributed by atoms with Gasteiger partial charge in [-0.05, 0) is 123 Å². The molecule has 0 fully saturated rings. The second-order valence-electron chi connectivity index (χ2n) is 18.7. The van der Waals surface area contributed by atoms with Crippen molar-refractivity contribution in [3.05, 3.63) is 150 Å². The molecule has 3 amide bonds. The van der Waals surface area contributed by atoms with Crippen molar-refractivity contribution in [3.8, 4) is 5.75 Å². The number of hydrogen-bond donors (Lipinski definition) is 1. The number of unbranched alkanes of at least 4 members (excludes halogenated alkanes) is 2. The minimum Gasteiger partial charge on any atom is -0.744 e. The van der Waals surface area contributed by atoms with Gasteiger partial charge in [0, 0.05) is 72.7 Å². The molecule has 0 aromatic heterocycles. The molecule has 0 atom stereocenters. The third kappa shape index (κ3) is 13.9. The first kappa shape index (κ1) is 61.6. The number of rotatable bonds is 19. The van der Waals surface area contributed by atoms with Gasteiger partial charge in [0.25, 0.3) is 11.8 Å². The van der Waals surface area contributed by atoms with E-state index in [0.29, 0.717) is 56.7 Å². The van der Waals surface area contributed by atoms with E-state index >= 15 is 0 Å². The van der Waals surface area contributed by atoms with Crippen LogP contribution in [0.4, 0.5) is 11.4 Å². The van der Waals surface area contributed by atoms with Crippen molar-refractivity contribution in [1.29, 1.82) is 0 Å².